The molecule has 0 aliphatic carbocycles. The highest BCUT2D eigenvalue weighted by atomic mass is 16.5. The van der Waals surface area contributed by atoms with E-state index in [9.17, 15) is 14.4 Å². The number of Topliss-reactive ketones (excluding diaryl/α,β-unsaturated/α-hetero) is 1. The summed E-state index contributed by atoms with van der Waals surface area (Å²) < 4.78 is 10.4. The maximum absolute atomic E-state index is 13.0. The van der Waals surface area contributed by atoms with Crippen molar-refractivity contribution in [1.82, 2.24) is 10.6 Å². The van der Waals surface area contributed by atoms with Crippen LogP contribution in [-0.2, 0) is 14.3 Å². The second-order valence-corrected chi connectivity index (χ2v) is 8.10. The molecule has 1 fully saturated rings. The number of furan rings is 1. The molecule has 7 heteroatoms. The minimum absolute atomic E-state index is 0.00693. The number of ether oxygens (including phenoxy) is 1. The molecule has 0 bridgehead atoms. The number of carbonyl (C=O) groups excluding carboxylic acids is 3. The second-order valence-electron chi connectivity index (χ2n) is 8.10. The Bertz CT molecular complexity index is 666. The molecule has 7 nitrogen and oxygen atoms in total. The van der Waals surface area contributed by atoms with E-state index in [4.69, 9.17) is 9.15 Å². The van der Waals surface area contributed by atoms with Gasteiger partial charge in [-0.1, -0.05) is 34.6 Å². The third kappa shape index (κ3) is 5.19. The SMILES string of the molecule is CC[C@@H]1OCC(=O)C1NC(=O)C(CC(C)(C)C(C)C)NC(=O)c1ccoc1. The van der Waals surface area contributed by atoms with Crippen molar-refractivity contribution in [3.05, 3.63) is 24.2 Å². The van der Waals surface area contributed by atoms with Crippen LogP contribution in [0.1, 0.15) is 57.8 Å². The molecule has 3 atom stereocenters. The van der Waals surface area contributed by atoms with Crippen LogP contribution >= 0.6 is 0 Å². The van der Waals surface area contributed by atoms with Gasteiger partial charge in [0.05, 0.1) is 17.9 Å². The first-order chi connectivity index (χ1) is 12.7. The van der Waals surface area contributed by atoms with Gasteiger partial charge in [0.25, 0.3) is 5.91 Å². The van der Waals surface area contributed by atoms with Crippen LogP contribution in [0.25, 0.3) is 0 Å². The molecule has 1 saturated heterocycles. The standard InChI is InChI=1S/C20H30N2O5/c1-6-16-17(15(23)11-27-16)22-19(25)14(9-20(4,5)12(2)3)21-18(24)13-7-8-26-10-13/h7-8,10,12,14,16-17H,6,9,11H2,1-5H3,(H,21,24)(H,22,25)/t14?,16-,17?/m0/s1. The minimum Gasteiger partial charge on any atom is -0.472 e. The maximum atomic E-state index is 13.0. The van der Waals surface area contributed by atoms with E-state index in [1.165, 1.54) is 12.5 Å². The van der Waals surface area contributed by atoms with E-state index in [1.807, 2.05) is 6.92 Å². The molecule has 0 spiro atoms. The summed E-state index contributed by atoms with van der Waals surface area (Å²) in [5, 5.41) is 5.58. The zero-order valence-corrected chi connectivity index (χ0v) is 16.7. The number of amides is 2. The van der Waals surface area contributed by atoms with Gasteiger partial charge in [-0.25, -0.2) is 0 Å². The summed E-state index contributed by atoms with van der Waals surface area (Å²) >= 11 is 0. The lowest BCUT2D eigenvalue weighted by Crippen LogP contribution is -2.54. The number of hydrogen-bond donors (Lipinski definition) is 2. The summed E-state index contributed by atoms with van der Waals surface area (Å²) in [6, 6.07) is 0.105. The predicted molar refractivity (Wildman–Crippen MR) is 100 cm³/mol. The first-order valence-corrected chi connectivity index (χ1v) is 9.43. The molecular formula is C20H30N2O5. The predicted octanol–water partition coefficient (Wildman–Crippen LogP) is 2.31. The lowest BCUT2D eigenvalue weighted by molar-refractivity contribution is -0.128. The lowest BCUT2D eigenvalue weighted by atomic mass is 9.76. The summed E-state index contributed by atoms with van der Waals surface area (Å²) in [5.74, 6) is -0.593. The molecular weight excluding hydrogens is 348 g/mol. The van der Waals surface area contributed by atoms with E-state index >= 15 is 0 Å². The van der Waals surface area contributed by atoms with Crippen molar-refractivity contribution in [2.75, 3.05) is 6.61 Å². The van der Waals surface area contributed by atoms with Gasteiger partial charge in [-0.3, -0.25) is 14.4 Å². The highest BCUT2D eigenvalue weighted by Gasteiger charge is 2.38. The van der Waals surface area contributed by atoms with Gasteiger partial charge in [-0.05, 0) is 30.2 Å². The van der Waals surface area contributed by atoms with Gasteiger partial charge in [0.2, 0.25) is 5.91 Å². The van der Waals surface area contributed by atoms with Crippen molar-refractivity contribution in [3.63, 3.8) is 0 Å². The number of rotatable bonds is 8. The fraction of sp³-hybridized carbons (Fsp3) is 0.650. The quantitative estimate of drug-likeness (QED) is 0.723. The van der Waals surface area contributed by atoms with Crippen LogP contribution in [0.4, 0.5) is 0 Å². The van der Waals surface area contributed by atoms with E-state index in [-0.39, 0.29) is 35.7 Å². The fourth-order valence-corrected chi connectivity index (χ4v) is 2.97. The summed E-state index contributed by atoms with van der Waals surface area (Å²) in [7, 11) is 0. The molecule has 2 heterocycles. The second kappa shape index (κ2) is 8.69. The first kappa shape index (κ1) is 21.2. The Morgan fingerprint density at radius 1 is 1.33 bits per heavy atom. The van der Waals surface area contributed by atoms with Crippen LogP contribution in [0.5, 0.6) is 0 Å². The first-order valence-electron chi connectivity index (χ1n) is 9.43. The normalized spacial score (nSPS) is 21.3. The van der Waals surface area contributed by atoms with E-state index < -0.39 is 12.1 Å². The summed E-state index contributed by atoms with van der Waals surface area (Å²) in [6.07, 6.45) is 3.48. The molecule has 1 aromatic rings. The molecule has 2 unspecified atom stereocenters. The molecule has 1 aromatic heterocycles. The van der Waals surface area contributed by atoms with Crippen LogP contribution in [0.2, 0.25) is 0 Å². The molecule has 150 valence electrons. The van der Waals surface area contributed by atoms with E-state index in [0.717, 1.165) is 0 Å². The van der Waals surface area contributed by atoms with Gasteiger partial charge in [0, 0.05) is 0 Å². The van der Waals surface area contributed by atoms with Crippen LogP contribution in [0.3, 0.4) is 0 Å². The highest BCUT2D eigenvalue weighted by Crippen LogP contribution is 2.31. The average Bonchev–Trinajstić information content (AvgIpc) is 3.24. The molecule has 2 amide bonds. The van der Waals surface area contributed by atoms with Gasteiger partial charge < -0.3 is 19.8 Å². The van der Waals surface area contributed by atoms with E-state index in [1.54, 1.807) is 6.07 Å². The Morgan fingerprint density at radius 2 is 2.04 bits per heavy atom. The summed E-state index contributed by atoms with van der Waals surface area (Å²) in [5.41, 5.74) is 0.160. The molecule has 1 aliphatic heterocycles. The van der Waals surface area contributed by atoms with Crippen molar-refractivity contribution in [2.45, 2.75) is 65.6 Å². The smallest absolute Gasteiger partial charge is 0.255 e. The van der Waals surface area contributed by atoms with Crippen molar-refractivity contribution < 1.29 is 23.5 Å². The van der Waals surface area contributed by atoms with Crippen LogP contribution in [0, 0.1) is 11.3 Å². The van der Waals surface area contributed by atoms with Crippen molar-refractivity contribution >= 4 is 17.6 Å². The lowest BCUT2D eigenvalue weighted by Gasteiger charge is -2.33. The third-order valence-electron chi connectivity index (χ3n) is 5.56. The minimum atomic E-state index is -0.768. The monoisotopic (exact) mass is 378 g/mol. The van der Waals surface area contributed by atoms with Crippen LogP contribution < -0.4 is 10.6 Å². The molecule has 2 rings (SSSR count). The molecule has 0 saturated carbocycles. The zero-order chi connectivity index (χ0) is 20.2. The molecule has 1 aliphatic rings. The number of carbonyl (C=O) groups is 3. The van der Waals surface area contributed by atoms with Crippen molar-refractivity contribution in [2.24, 2.45) is 11.3 Å². The van der Waals surface area contributed by atoms with Crippen molar-refractivity contribution in [1.29, 1.82) is 0 Å². The topological polar surface area (TPSA) is 97.6 Å². The van der Waals surface area contributed by atoms with Crippen LogP contribution in [0.15, 0.2) is 23.0 Å². The highest BCUT2D eigenvalue weighted by molar-refractivity contribution is 5.98. The summed E-state index contributed by atoms with van der Waals surface area (Å²) in [6.45, 7) is 10.2. The van der Waals surface area contributed by atoms with Gasteiger partial charge in [-0.15, -0.1) is 0 Å². The van der Waals surface area contributed by atoms with E-state index in [2.05, 4.69) is 38.3 Å². The fourth-order valence-electron chi connectivity index (χ4n) is 2.97. The summed E-state index contributed by atoms with van der Waals surface area (Å²) in [4.78, 5) is 37.5. The Kier molecular flexibility index (Phi) is 6.81. The largest absolute Gasteiger partial charge is 0.472 e. The Hall–Kier alpha value is -2.15. The maximum Gasteiger partial charge on any atom is 0.255 e. The Morgan fingerprint density at radius 3 is 2.59 bits per heavy atom. The van der Waals surface area contributed by atoms with Gasteiger partial charge in [-0.2, -0.15) is 0 Å². The van der Waals surface area contributed by atoms with Gasteiger partial charge >= 0.3 is 0 Å². The number of hydrogen-bond acceptors (Lipinski definition) is 5. The molecule has 27 heavy (non-hydrogen) atoms. The third-order valence-corrected chi connectivity index (χ3v) is 5.56. The zero-order valence-electron chi connectivity index (χ0n) is 16.7. The van der Waals surface area contributed by atoms with Gasteiger partial charge in [0.15, 0.2) is 5.78 Å². The Labute approximate surface area is 160 Å². The van der Waals surface area contributed by atoms with E-state index in [0.29, 0.717) is 24.3 Å². The van der Waals surface area contributed by atoms with Crippen molar-refractivity contribution in [3.8, 4) is 0 Å². The molecule has 2 N–H and O–H groups in total. The Balaban J connectivity index is 2.16. The number of nitrogens with one attached hydrogen (secondary N) is 2. The number of ketones is 1. The van der Waals surface area contributed by atoms with Crippen LogP contribution in [-0.4, -0.2) is 42.4 Å². The molecule has 0 radical (unpaired) electrons. The van der Waals surface area contributed by atoms with Gasteiger partial charge in [0.1, 0.15) is 25.0 Å². The average molecular weight is 378 g/mol. The molecule has 0 aromatic carbocycles.